The van der Waals surface area contributed by atoms with Gasteiger partial charge >= 0.3 is 0 Å². The minimum atomic E-state index is -0.996. The quantitative estimate of drug-likeness (QED) is 0.664. The molecule has 0 aliphatic carbocycles. The second-order valence-electron chi connectivity index (χ2n) is 4.94. The average Bonchev–Trinajstić information content (AvgIpc) is 2.66. The first-order valence-corrected chi connectivity index (χ1v) is 6.74. The zero-order chi connectivity index (χ0) is 14.8. The molecule has 0 spiro atoms. The van der Waals surface area contributed by atoms with Crippen LogP contribution in [0.25, 0.3) is 0 Å². The van der Waals surface area contributed by atoms with Crippen molar-refractivity contribution in [3.8, 4) is 0 Å². The summed E-state index contributed by atoms with van der Waals surface area (Å²) >= 11 is 1.11. The number of amides is 1. The fourth-order valence-corrected chi connectivity index (χ4v) is 2.66. The molecule has 1 amide bonds. The Morgan fingerprint density at radius 1 is 1.58 bits per heavy atom. The van der Waals surface area contributed by atoms with E-state index < -0.39 is 10.5 Å². The van der Waals surface area contributed by atoms with Gasteiger partial charge in [0, 0.05) is 19.2 Å². The van der Waals surface area contributed by atoms with Gasteiger partial charge in [0.1, 0.15) is 0 Å². The summed E-state index contributed by atoms with van der Waals surface area (Å²) in [6.45, 7) is 7.28. The molecule has 19 heavy (non-hydrogen) atoms. The number of hydrogen-bond acceptors (Lipinski definition) is 5. The number of rotatable bonds is 5. The van der Waals surface area contributed by atoms with Crippen LogP contribution >= 0.6 is 11.3 Å². The standard InChI is InChI=1S/C12H18N2O4S/c1-5-13(7-12(3,4)16)11(15)10-6-9(14(17)18)8(2)19-10/h6,16H,5,7H2,1-4H3. The number of nitrogens with zero attached hydrogens (tertiary/aromatic N) is 2. The van der Waals surface area contributed by atoms with Gasteiger partial charge in [-0.15, -0.1) is 11.3 Å². The third-order valence-electron chi connectivity index (χ3n) is 2.55. The van der Waals surface area contributed by atoms with Crippen molar-refractivity contribution < 1.29 is 14.8 Å². The van der Waals surface area contributed by atoms with Crippen molar-refractivity contribution in [1.82, 2.24) is 4.90 Å². The maximum absolute atomic E-state index is 12.2. The fraction of sp³-hybridized carbons (Fsp3) is 0.583. The Morgan fingerprint density at radius 2 is 2.16 bits per heavy atom. The summed E-state index contributed by atoms with van der Waals surface area (Å²) in [7, 11) is 0. The smallest absolute Gasteiger partial charge is 0.283 e. The van der Waals surface area contributed by atoms with Crippen LogP contribution in [0.3, 0.4) is 0 Å². The highest BCUT2D eigenvalue weighted by Gasteiger charge is 2.26. The molecule has 0 aliphatic rings. The summed E-state index contributed by atoms with van der Waals surface area (Å²) in [6, 6.07) is 1.30. The zero-order valence-corrected chi connectivity index (χ0v) is 12.3. The summed E-state index contributed by atoms with van der Waals surface area (Å²) < 4.78 is 0. The van der Waals surface area contributed by atoms with E-state index in [2.05, 4.69) is 0 Å². The van der Waals surface area contributed by atoms with Gasteiger partial charge < -0.3 is 10.0 Å². The zero-order valence-electron chi connectivity index (χ0n) is 11.5. The van der Waals surface area contributed by atoms with Crippen molar-refractivity contribution in [3.63, 3.8) is 0 Å². The molecular formula is C12H18N2O4S. The number of nitro groups is 1. The van der Waals surface area contributed by atoms with Crippen molar-refractivity contribution in [3.05, 3.63) is 25.9 Å². The minimum absolute atomic E-state index is 0.0346. The number of carbonyl (C=O) groups excluding carboxylic acids is 1. The highest BCUT2D eigenvalue weighted by Crippen LogP contribution is 2.29. The molecule has 0 aromatic carbocycles. The van der Waals surface area contributed by atoms with Gasteiger partial charge in [0.2, 0.25) is 0 Å². The molecule has 0 saturated heterocycles. The monoisotopic (exact) mass is 286 g/mol. The number of carbonyl (C=O) groups is 1. The van der Waals surface area contributed by atoms with E-state index in [4.69, 9.17) is 0 Å². The molecule has 1 heterocycles. The molecular weight excluding hydrogens is 268 g/mol. The van der Waals surface area contributed by atoms with Crippen LogP contribution in [-0.2, 0) is 0 Å². The lowest BCUT2D eigenvalue weighted by Crippen LogP contribution is -2.41. The predicted molar refractivity (Wildman–Crippen MR) is 73.6 cm³/mol. The Hall–Kier alpha value is -1.47. The van der Waals surface area contributed by atoms with Crippen LogP contribution in [0.1, 0.15) is 35.3 Å². The normalized spacial score (nSPS) is 11.4. The lowest BCUT2D eigenvalue weighted by atomic mass is 10.1. The van der Waals surface area contributed by atoms with E-state index in [1.165, 1.54) is 11.0 Å². The number of aliphatic hydroxyl groups is 1. The van der Waals surface area contributed by atoms with Gasteiger partial charge in [0.25, 0.3) is 11.6 Å². The highest BCUT2D eigenvalue weighted by atomic mass is 32.1. The number of likely N-dealkylation sites (N-methyl/N-ethyl adjacent to an activating group) is 1. The second-order valence-corrected chi connectivity index (χ2v) is 6.20. The van der Waals surface area contributed by atoms with E-state index in [0.29, 0.717) is 16.3 Å². The molecule has 106 valence electrons. The molecule has 0 aliphatic heterocycles. The predicted octanol–water partition coefficient (Wildman–Crippen LogP) is 2.20. The molecule has 0 bridgehead atoms. The molecule has 6 nitrogen and oxygen atoms in total. The molecule has 0 fully saturated rings. The van der Waals surface area contributed by atoms with Gasteiger partial charge in [0.15, 0.2) is 0 Å². The first-order valence-electron chi connectivity index (χ1n) is 5.92. The Labute approximate surface area is 115 Å². The fourth-order valence-electron chi connectivity index (χ4n) is 1.71. The first-order chi connectivity index (χ1) is 8.65. The maximum Gasteiger partial charge on any atom is 0.283 e. The van der Waals surface area contributed by atoms with Crippen LogP contribution in [0, 0.1) is 17.0 Å². The van der Waals surface area contributed by atoms with E-state index >= 15 is 0 Å². The third-order valence-corrected chi connectivity index (χ3v) is 3.57. The molecule has 1 rings (SSSR count). The molecule has 0 saturated carbocycles. The van der Waals surface area contributed by atoms with Gasteiger partial charge in [-0.05, 0) is 27.7 Å². The maximum atomic E-state index is 12.2. The first kappa shape index (κ1) is 15.6. The van der Waals surface area contributed by atoms with Crippen molar-refractivity contribution >= 4 is 22.9 Å². The van der Waals surface area contributed by atoms with Crippen LogP contribution < -0.4 is 0 Å². The number of hydrogen-bond donors (Lipinski definition) is 1. The van der Waals surface area contributed by atoms with Crippen molar-refractivity contribution in [2.24, 2.45) is 0 Å². The Morgan fingerprint density at radius 3 is 2.53 bits per heavy atom. The lowest BCUT2D eigenvalue weighted by Gasteiger charge is -2.27. The average molecular weight is 286 g/mol. The van der Waals surface area contributed by atoms with Gasteiger partial charge in [-0.1, -0.05) is 0 Å². The summed E-state index contributed by atoms with van der Waals surface area (Å²) in [5.74, 6) is -0.286. The minimum Gasteiger partial charge on any atom is -0.389 e. The summed E-state index contributed by atoms with van der Waals surface area (Å²) in [5.41, 5.74) is -1.03. The van der Waals surface area contributed by atoms with Gasteiger partial charge in [-0.3, -0.25) is 14.9 Å². The van der Waals surface area contributed by atoms with Crippen LogP contribution in [0.5, 0.6) is 0 Å². The molecule has 1 N–H and O–H groups in total. The Bertz CT molecular complexity index is 490. The Balaban J connectivity index is 2.98. The largest absolute Gasteiger partial charge is 0.389 e. The lowest BCUT2D eigenvalue weighted by molar-refractivity contribution is -0.385. The summed E-state index contributed by atoms with van der Waals surface area (Å²) in [6.07, 6.45) is 0. The molecule has 1 aromatic heterocycles. The topological polar surface area (TPSA) is 83.7 Å². The van der Waals surface area contributed by atoms with Crippen molar-refractivity contribution in [1.29, 1.82) is 0 Å². The van der Waals surface area contributed by atoms with Crippen LogP contribution in [-0.4, -0.2) is 39.5 Å². The van der Waals surface area contributed by atoms with E-state index in [1.54, 1.807) is 27.7 Å². The van der Waals surface area contributed by atoms with Gasteiger partial charge in [-0.25, -0.2) is 0 Å². The third kappa shape index (κ3) is 4.00. The number of aryl methyl sites for hydroxylation is 1. The van der Waals surface area contributed by atoms with Gasteiger partial charge in [0.05, 0.1) is 20.3 Å². The molecule has 0 unspecified atom stereocenters. The van der Waals surface area contributed by atoms with Crippen LogP contribution in [0.4, 0.5) is 5.69 Å². The summed E-state index contributed by atoms with van der Waals surface area (Å²) in [5, 5.41) is 20.5. The van der Waals surface area contributed by atoms with Crippen LogP contribution in [0.15, 0.2) is 6.07 Å². The Kier molecular flexibility index (Phi) is 4.65. The van der Waals surface area contributed by atoms with Crippen molar-refractivity contribution in [2.45, 2.75) is 33.3 Å². The van der Waals surface area contributed by atoms with E-state index in [9.17, 15) is 20.0 Å². The van der Waals surface area contributed by atoms with E-state index in [0.717, 1.165) is 11.3 Å². The second kappa shape index (κ2) is 5.66. The van der Waals surface area contributed by atoms with Crippen LogP contribution in [0.2, 0.25) is 0 Å². The highest BCUT2D eigenvalue weighted by molar-refractivity contribution is 7.14. The molecule has 1 aromatic rings. The van der Waals surface area contributed by atoms with E-state index in [1.807, 2.05) is 0 Å². The number of thiophene rings is 1. The SMILES string of the molecule is CCN(CC(C)(C)O)C(=O)c1cc([N+](=O)[O-])c(C)s1. The molecule has 7 heteroatoms. The van der Waals surface area contributed by atoms with Gasteiger partial charge in [-0.2, -0.15) is 0 Å². The summed E-state index contributed by atoms with van der Waals surface area (Å²) in [4.78, 5) is 24.8. The molecule has 0 atom stereocenters. The van der Waals surface area contributed by atoms with E-state index in [-0.39, 0.29) is 18.1 Å². The molecule has 0 radical (unpaired) electrons. The van der Waals surface area contributed by atoms with Crippen molar-refractivity contribution in [2.75, 3.05) is 13.1 Å².